The topological polar surface area (TPSA) is 82.2 Å². The van der Waals surface area contributed by atoms with Crippen LogP contribution in [0.15, 0.2) is 18.2 Å². The number of guanidine groups is 1. The Kier molecular flexibility index (Phi) is 3.97. The van der Waals surface area contributed by atoms with Crippen LogP contribution in [0.4, 0.5) is 13.6 Å². The summed E-state index contributed by atoms with van der Waals surface area (Å²) in [6.07, 6.45) is 0. The second-order valence-electron chi connectivity index (χ2n) is 3.30. The van der Waals surface area contributed by atoms with E-state index in [1.54, 1.807) is 0 Å². The summed E-state index contributed by atoms with van der Waals surface area (Å²) in [5.74, 6) is -2.00. The van der Waals surface area contributed by atoms with Crippen molar-refractivity contribution in [3.05, 3.63) is 35.4 Å². The molecule has 17 heavy (non-hydrogen) atoms. The van der Waals surface area contributed by atoms with Gasteiger partial charge in [-0.05, 0) is 17.7 Å². The summed E-state index contributed by atoms with van der Waals surface area (Å²) in [4.78, 5) is 12.2. The van der Waals surface area contributed by atoms with Crippen molar-refractivity contribution >= 4 is 12.0 Å². The fourth-order valence-electron chi connectivity index (χ4n) is 1.29. The van der Waals surface area contributed by atoms with Gasteiger partial charge >= 0.3 is 6.03 Å². The van der Waals surface area contributed by atoms with Crippen LogP contribution in [0.3, 0.4) is 0 Å². The maximum atomic E-state index is 12.9. The van der Waals surface area contributed by atoms with E-state index >= 15 is 0 Å². The molecule has 4 N–H and O–H groups in total. The van der Waals surface area contributed by atoms with E-state index in [0.717, 1.165) is 23.1 Å². The molecule has 0 spiro atoms. The average Bonchev–Trinajstić information content (AvgIpc) is 2.23. The number of halogens is 2. The van der Waals surface area contributed by atoms with Gasteiger partial charge < -0.3 is 11.1 Å². The number of nitrogens with zero attached hydrogens (tertiary/aromatic N) is 1. The van der Waals surface area contributed by atoms with Crippen molar-refractivity contribution in [2.45, 2.75) is 6.54 Å². The Morgan fingerprint density at radius 3 is 2.35 bits per heavy atom. The first-order chi connectivity index (χ1) is 7.93. The number of carbonyl (C=O) groups is 1. The molecular formula is C10H12F2N4O. The first-order valence-corrected chi connectivity index (χ1v) is 4.72. The molecule has 0 aliphatic carbocycles. The molecule has 1 aromatic carbocycles. The molecule has 0 unspecified atom stereocenters. The lowest BCUT2D eigenvalue weighted by molar-refractivity contribution is 0.221. The molecule has 2 amide bonds. The van der Waals surface area contributed by atoms with Gasteiger partial charge in [0.15, 0.2) is 5.96 Å². The zero-order chi connectivity index (χ0) is 13.0. The van der Waals surface area contributed by atoms with E-state index in [1.807, 2.05) is 0 Å². The van der Waals surface area contributed by atoms with Crippen LogP contribution >= 0.6 is 0 Å². The molecule has 0 aliphatic rings. The molecule has 0 saturated carbocycles. The first-order valence-electron chi connectivity index (χ1n) is 4.72. The van der Waals surface area contributed by atoms with Gasteiger partial charge in [0.05, 0.1) is 6.54 Å². The molecule has 0 aliphatic heterocycles. The number of nitrogens with two attached hydrogens (primary N) is 1. The molecule has 1 rings (SSSR count). The zero-order valence-corrected chi connectivity index (χ0v) is 9.13. The van der Waals surface area contributed by atoms with Gasteiger partial charge in [-0.25, -0.2) is 13.6 Å². The Hall–Kier alpha value is -2.18. The van der Waals surface area contributed by atoms with Crippen molar-refractivity contribution in [2.24, 2.45) is 5.73 Å². The van der Waals surface area contributed by atoms with E-state index in [9.17, 15) is 13.6 Å². The van der Waals surface area contributed by atoms with Gasteiger partial charge in [-0.1, -0.05) is 0 Å². The second-order valence-corrected chi connectivity index (χ2v) is 3.30. The van der Waals surface area contributed by atoms with Crippen LogP contribution in [0.25, 0.3) is 0 Å². The highest BCUT2D eigenvalue weighted by molar-refractivity contribution is 5.93. The minimum Gasteiger partial charge on any atom is -0.370 e. The van der Waals surface area contributed by atoms with Gasteiger partial charge in [-0.15, -0.1) is 0 Å². The van der Waals surface area contributed by atoms with E-state index < -0.39 is 23.6 Å². The SMILES string of the molecule is CNC(=O)N(Cc1cc(F)cc(F)c1)C(=N)N. The molecule has 0 fully saturated rings. The molecule has 92 valence electrons. The monoisotopic (exact) mass is 242 g/mol. The fraction of sp³-hybridized carbons (Fsp3) is 0.200. The Balaban J connectivity index is 2.93. The summed E-state index contributed by atoms with van der Waals surface area (Å²) < 4.78 is 25.8. The fourth-order valence-corrected chi connectivity index (χ4v) is 1.29. The lowest BCUT2D eigenvalue weighted by Gasteiger charge is -2.20. The van der Waals surface area contributed by atoms with Gasteiger partial charge in [0, 0.05) is 13.1 Å². The van der Waals surface area contributed by atoms with Gasteiger partial charge in [0.2, 0.25) is 0 Å². The van der Waals surface area contributed by atoms with E-state index in [1.165, 1.54) is 7.05 Å². The van der Waals surface area contributed by atoms with Crippen LogP contribution in [0.1, 0.15) is 5.56 Å². The maximum Gasteiger partial charge on any atom is 0.324 e. The number of benzene rings is 1. The number of nitrogens with one attached hydrogen (secondary N) is 2. The minimum atomic E-state index is -0.750. The van der Waals surface area contributed by atoms with Gasteiger partial charge in [0.25, 0.3) is 0 Å². The van der Waals surface area contributed by atoms with Crippen LogP contribution in [-0.2, 0) is 6.54 Å². The summed E-state index contributed by atoms with van der Waals surface area (Å²) in [6, 6.07) is 2.24. The molecule has 0 aromatic heterocycles. The Morgan fingerprint density at radius 1 is 1.41 bits per heavy atom. The van der Waals surface area contributed by atoms with Crippen molar-refractivity contribution in [1.82, 2.24) is 10.2 Å². The quantitative estimate of drug-likeness (QED) is 0.534. The number of amides is 2. The normalized spacial score (nSPS) is 9.82. The molecule has 0 heterocycles. The number of hydrogen-bond donors (Lipinski definition) is 3. The standard InChI is InChI=1S/C10H12F2N4O/c1-15-10(17)16(9(13)14)5-6-2-7(11)4-8(12)3-6/h2-4H,5H2,1H3,(H3,13,14)(H,15,17). The lowest BCUT2D eigenvalue weighted by atomic mass is 10.2. The van der Waals surface area contributed by atoms with Crippen molar-refractivity contribution in [3.8, 4) is 0 Å². The second kappa shape index (κ2) is 5.24. The maximum absolute atomic E-state index is 12.9. The molecule has 5 nitrogen and oxygen atoms in total. The smallest absolute Gasteiger partial charge is 0.324 e. The number of hydrogen-bond acceptors (Lipinski definition) is 2. The third kappa shape index (κ3) is 3.40. The van der Waals surface area contributed by atoms with Crippen LogP contribution < -0.4 is 11.1 Å². The van der Waals surface area contributed by atoms with Crippen LogP contribution in [0.5, 0.6) is 0 Å². The minimum absolute atomic E-state index is 0.177. The predicted molar refractivity (Wildman–Crippen MR) is 58.3 cm³/mol. The van der Waals surface area contributed by atoms with Gasteiger partial charge in [0.1, 0.15) is 11.6 Å². The van der Waals surface area contributed by atoms with Crippen molar-refractivity contribution in [3.63, 3.8) is 0 Å². The third-order valence-corrected chi connectivity index (χ3v) is 2.01. The van der Waals surface area contributed by atoms with E-state index in [4.69, 9.17) is 11.1 Å². The highest BCUT2D eigenvalue weighted by atomic mass is 19.1. The largest absolute Gasteiger partial charge is 0.370 e. The Morgan fingerprint density at radius 2 is 1.94 bits per heavy atom. The predicted octanol–water partition coefficient (Wildman–Crippen LogP) is 1.000. The highest BCUT2D eigenvalue weighted by Gasteiger charge is 2.15. The van der Waals surface area contributed by atoms with E-state index in [2.05, 4.69) is 5.32 Å². The third-order valence-electron chi connectivity index (χ3n) is 2.01. The first kappa shape index (κ1) is 12.9. The average molecular weight is 242 g/mol. The van der Waals surface area contributed by atoms with Crippen LogP contribution in [0.2, 0.25) is 0 Å². The van der Waals surface area contributed by atoms with E-state index in [0.29, 0.717) is 0 Å². The molecular weight excluding hydrogens is 230 g/mol. The molecule has 0 saturated heterocycles. The Bertz CT molecular complexity index is 430. The summed E-state index contributed by atoms with van der Waals surface area (Å²) in [5, 5.41) is 9.47. The van der Waals surface area contributed by atoms with Crippen molar-refractivity contribution < 1.29 is 13.6 Å². The molecule has 7 heteroatoms. The van der Waals surface area contributed by atoms with Crippen LogP contribution in [-0.4, -0.2) is 23.9 Å². The molecule has 0 atom stereocenters. The molecule has 1 aromatic rings. The van der Waals surface area contributed by atoms with Crippen molar-refractivity contribution in [2.75, 3.05) is 7.05 Å². The number of urea groups is 1. The summed E-state index contributed by atoms with van der Waals surface area (Å²) in [5.41, 5.74) is 5.41. The van der Waals surface area contributed by atoms with E-state index in [-0.39, 0.29) is 12.1 Å². The lowest BCUT2D eigenvalue weighted by Crippen LogP contribution is -2.45. The number of rotatable bonds is 2. The highest BCUT2D eigenvalue weighted by Crippen LogP contribution is 2.10. The van der Waals surface area contributed by atoms with Gasteiger partial charge in [-0.2, -0.15) is 0 Å². The summed E-state index contributed by atoms with van der Waals surface area (Å²) >= 11 is 0. The molecule has 0 radical (unpaired) electrons. The van der Waals surface area contributed by atoms with Crippen molar-refractivity contribution in [1.29, 1.82) is 5.41 Å². The Labute approximate surface area is 96.7 Å². The van der Waals surface area contributed by atoms with Gasteiger partial charge in [-0.3, -0.25) is 10.3 Å². The zero-order valence-electron chi connectivity index (χ0n) is 9.13. The summed E-state index contributed by atoms with van der Waals surface area (Å²) in [6.45, 7) is -0.177. The van der Waals surface area contributed by atoms with Crippen LogP contribution in [0, 0.1) is 17.0 Å². The molecule has 0 bridgehead atoms. The summed E-state index contributed by atoms with van der Waals surface area (Å²) in [7, 11) is 1.37. The number of carbonyl (C=O) groups excluding carboxylic acids is 1.